The van der Waals surface area contributed by atoms with Crippen molar-refractivity contribution in [2.45, 2.75) is 0 Å². The summed E-state index contributed by atoms with van der Waals surface area (Å²) in [5.74, 6) is -0.487. The summed E-state index contributed by atoms with van der Waals surface area (Å²) < 4.78 is 0. The third-order valence-corrected chi connectivity index (χ3v) is 3.10. The number of carbonyl (C=O) groups is 2. The van der Waals surface area contributed by atoms with Crippen molar-refractivity contribution in [3.8, 4) is 0 Å². The number of hydrogen-bond acceptors (Lipinski definition) is 5. The molecule has 0 aliphatic rings. The zero-order valence-electron chi connectivity index (χ0n) is 11.5. The largest absolute Gasteiger partial charge is 0.287 e. The number of aromatic nitrogens is 3. The highest BCUT2D eigenvalue weighted by atomic mass is 16.1. The maximum Gasteiger partial charge on any atom is 0.211 e. The SMILES string of the molecule is O=C(c1ccncc1)c1cccc(C(=O)c2ccncc2)n1. The Labute approximate surface area is 126 Å². The van der Waals surface area contributed by atoms with Crippen molar-refractivity contribution in [2.24, 2.45) is 0 Å². The second-order valence-electron chi connectivity index (χ2n) is 4.54. The molecule has 5 heteroatoms. The van der Waals surface area contributed by atoms with E-state index in [4.69, 9.17) is 0 Å². The summed E-state index contributed by atoms with van der Waals surface area (Å²) in [5.41, 5.74) is 1.42. The molecule has 5 nitrogen and oxygen atoms in total. The van der Waals surface area contributed by atoms with Gasteiger partial charge in [-0.15, -0.1) is 0 Å². The Bertz CT molecular complexity index is 751. The maximum absolute atomic E-state index is 12.3. The van der Waals surface area contributed by atoms with Gasteiger partial charge in [0.1, 0.15) is 11.4 Å². The molecule has 0 bridgehead atoms. The van der Waals surface area contributed by atoms with Crippen molar-refractivity contribution in [2.75, 3.05) is 0 Å². The second-order valence-corrected chi connectivity index (χ2v) is 4.54. The minimum Gasteiger partial charge on any atom is -0.287 e. The van der Waals surface area contributed by atoms with Crippen molar-refractivity contribution in [3.05, 3.63) is 89.8 Å². The lowest BCUT2D eigenvalue weighted by molar-refractivity contribution is 0.103. The Hall–Kier alpha value is -3.21. The van der Waals surface area contributed by atoms with Gasteiger partial charge in [0.25, 0.3) is 0 Å². The number of nitrogens with zero attached hydrogens (tertiary/aromatic N) is 3. The van der Waals surface area contributed by atoms with Gasteiger partial charge in [0.05, 0.1) is 0 Å². The zero-order chi connectivity index (χ0) is 15.4. The highest BCUT2D eigenvalue weighted by Gasteiger charge is 2.15. The van der Waals surface area contributed by atoms with Crippen LogP contribution in [0.5, 0.6) is 0 Å². The van der Waals surface area contributed by atoms with Crippen LogP contribution in [0.1, 0.15) is 32.1 Å². The van der Waals surface area contributed by atoms with E-state index in [1.165, 1.54) is 0 Å². The second kappa shape index (κ2) is 6.05. The Kier molecular flexibility index (Phi) is 3.78. The van der Waals surface area contributed by atoms with Crippen LogP contribution in [0.4, 0.5) is 0 Å². The Morgan fingerprint density at radius 1 is 0.636 bits per heavy atom. The van der Waals surface area contributed by atoms with Gasteiger partial charge in [-0.3, -0.25) is 19.6 Å². The number of rotatable bonds is 4. The molecule has 22 heavy (non-hydrogen) atoms. The summed E-state index contributed by atoms with van der Waals surface area (Å²) in [6, 6.07) is 11.3. The van der Waals surface area contributed by atoms with Crippen LogP contribution < -0.4 is 0 Å². The van der Waals surface area contributed by atoms with Crippen LogP contribution in [0.3, 0.4) is 0 Å². The predicted molar refractivity (Wildman–Crippen MR) is 79.6 cm³/mol. The Morgan fingerprint density at radius 2 is 1.05 bits per heavy atom. The molecule has 0 fully saturated rings. The molecule has 0 aliphatic heterocycles. The van der Waals surface area contributed by atoms with Gasteiger partial charge in [-0.1, -0.05) is 6.07 Å². The molecule has 0 aliphatic carbocycles. The summed E-state index contributed by atoms with van der Waals surface area (Å²) in [5, 5.41) is 0. The molecule has 3 aromatic heterocycles. The third-order valence-electron chi connectivity index (χ3n) is 3.10. The van der Waals surface area contributed by atoms with Gasteiger partial charge in [-0.2, -0.15) is 0 Å². The molecule has 3 rings (SSSR count). The average Bonchev–Trinajstić information content (AvgIpc) is 2.62. The van der Waals surface area contributed by atoms with Crippen LogP contribution in [-0.2, 0) is 0 Å². The fraction of sp³-hybridized carbons (Fsp3) is 0. The first kappa shape index (κ1) is 13.8. The topological polar surface area (TPSA) is 72.8 Å². The summed E-state index contributed by atoms with van der Waals surface area (Å²) in [4.78, 5) is 36.6. The lowest BCUT2D eigenvalue weighted by Crippen LogP contribution is -2.10. The van der Waals surface area contributed by atoms with Crippen LogP contribution in [0.15, 0.2) is 67.3 Å². The van der Waals surface area contributed by atoms with E-state index >= 15 is 0 Å². The van der Waals surface area contributed by atoms with E-state index in [1.54, 1.807) is 67.3 Å². The van der Waals surface area contributed by atoms with Crippen LogP contribution in [0.25, 0.3) is 0 Å². The molecule has 0 saturated heterocycles. The predicted octanol–water partition coefficient (Wildman–Crippen LogP) is 2.33. The third kappa shape index (κ3) is 2.78. The van der Waals surface area contributed by atoms with E-state index in [2.05, 4.69) is 15.0 Å². The number of carbonyl (C=O) groups excluding carboxylic acids is 2. The molecule has 0 radical (unpaired) electrons. The minimum atomic E-state index is -0.244. The summed E-state index contributed by atoms with van der Waals surface area (Å²) >= 11 is 0. The van der Waals surface area contributed by atoms with Crippen LogP contribution in [0, 0.1) is 0 Å². The van der Waals surface area contributed by atoms with Crippen molar-refractivity contribution in [1.82, 2.24) is 15.0 Å². The first-order valence-electron chi connectivity index (χ1n) is 6.62. The molecule has 3 heterocycles. The lowest BCUT2D eigenvalue weighted by atomic mass is 10.1. The van der Waals surface area contributed by atoms with Crippen molar-refractivity contribution < 1.29 is 9.59 Å². The van der Waals surface area contributed by atoms with Crippen LogP contribution >= 0.6 is 0 Å². The van der Waals surface area contributed by atoms with Gasteiger partial charge in [0.2, 0.25) is 11.6 Å². The van der Waals surface area contributed by atoms with E-state index in [0.717, 1.165) is 0 Å². The molecular weight excluding hydrogens is 278 g/mol. The molecule has 0 spiro atoms. The standard InChI is InChI=1S/C17H11N3O2/c21-16(12-4-8-18-9-5-12)14-2-1-3-15(20-14)17(22)13-6-10-19-11-7-13/h1-11H. The van der Waals surface area contributed by atoms with Gasteiger partial charge in [0.15, 0.2) is 0 Å². The Morgan fingerprint density at radius 3 is 1.45 bits per heavy atom. The lowest BCUT2D eigenvalue weighted by Gasteiger charge is -2.03. The zero-order valence-corrected chi connectivity index (χ0v) is 11.5. The molecule has 0 aromatic carbocycles. The van der Waals surface area contributed by atoms with Crippen LogP contribution in [-0.4, -0.2) is 26.5 Å². The molecule has 3 aromatic rings. The quantitative estimate of drug-likeness (QED) is 0.689. The number of pyridine rings is 3. The number of hydrogen-bond donors (Lipinski definition) is 0. The van der Waals surface area contributed by atoms with Gasteiger partial charge >= 0.3 is 0 Å². The molecule has 106 valence electrons. The molecule has 0 unspecified atom stereocenters. The molecule has 0 atom stereocenters. The van der Waals surface area contributed by atoms with E-state index in [0.29, 0.717) is 11.1 Å². The monoisotopic (exact) mass is 289 g/mol. The van der Waals surface area contributed by atoms with Gasteiger partial charge < -0.3 is 0 Å². The van der Waals surface area contributed by atoms with Gasteiger partial charge in [-0.05, 0) is 36.4 Å². The van der Waals surface area contributed by atoms with Crippen molar-refractivity contribution in [3.63, 3.8) is 0 Å². The molecular formula is C17H11N3O2. The van der Waals surface area contributed by atoms with E-state index < -0.39 is 0 Å². The first-order valence-corrected chi connectivity index (χ1v) is 6.62. The highest BCUT2D eigenvalue weighted by molar-refractivity contribution is 6.10. The fourth-order valence-corrected chi connectivity index (χ4v) is 1.99. The normalized spacial score (nSPS) is 10.2. The molecule has 0 N–H and O–H groups in total. The van der Waals surface area contributed by atoms with Gasteiger partial charge in [0, 0.05) is 35.9 Å². The highest BCUT2D eigenvalue weighted by Crippen LogP contribution is 2.11. The Balaban J connectivity index is 1.94. The minimum absolute atomic E-state index is 0.228. The average molecular weight is 289 g/mol. The van der Waals surface area contributed by atoms with E-state index in [-0.39, 0.29) is 23.0 Å². The summed E-state index contributed by atoms with van der Waals surface area (Å²) in [7, 11) is 0. The van der Waals surface area contributed by atoms with Crippen molar-refractivity contribution in [1.29, 1.82) is 0 Å². The van der Waals surface area contributed by atoms with Crippen LogP contribution in [0.2, 0.25) is 0 Å². The van der Waals surface area contributed by atoms with Crippen molar-refractivity contribution >= 4 is 11.6 Å². The maximum atomic E-state index is 12.3. The summed E-state index contributed by atoms with van der Waals surface area (Å²) in [6.45, 7) is 0. The molecule has 0 amide bonds. The van der Waals surface area contributed by atoms with E-state index in [1.807, 2.05) is 0 Å². The van der Waals surface area contributed by atoms with E-state index in [9.17, 15) is 9.59 Å². The molecule has 0 saturated carbocycles. The summed E-state index contributed by atoms with van der Waals surface area (Å²) in [6.07, 6.45) is 6.16. The first-order chi connectivity index (χ1) is 10.8. The van der Waals surface area contributed by atoms with Gasteiger partial charge in [-0.25, -0.2) is 4.98 Å². The number of ketones is 2. The fourth-order valence-electron chi connectivity index (χ4n) is 1.99. The smallest absolute Gasteiger partial charge is 0.211 e.